The van der Waals surface area contributed by atoms with E-state index in [0.29, 0.717) is 0 Å². The number of benzene rings is 1. The smallest absolute Gasteiger partial charge is 0.120 e. The molecule has 0 aliphatic heterocycles. The third-order valence-electron chi connectivity index (χ3n) is 2.92. The number of rotatable bonds is 6. The van der Waals surface area contributed by atoms with E-state index in [1.54, 1.807) is 0 Å². The van der Waals surface area contributed by atoms with Crippen molar-refractivity contribution in [2.45, 2.75) is 13.3 Å². The Bertz CT molecular complexity index is 520. The SMILES string of the molecule is Cc1n[nH]cc1-c1c[c]cc(OCCCN(C)C)c1. The van der Waals surface area contributed by atoms with E-state index in [1.165, 1.54) is 0 Å². The fourth-order valence-corrected chi connectivity index (χ4v) is 1.91. The standard InChI is InChI=1S/C15H20N3O/c1-12-15(11-16-17-12)13-6-4-7-14(10-13)19-9-5-8-18(2)3/h6-7,10-11H,5,8-9H2,1-3H3,(H,16,17). The van der Waals surface area contributed by atoms with Gasteiger partial charge in [-0.1, -0.05) is 0 Å². The van der Waals surface area contributed by atoms with Crippen molar-refractivity contribution in [2.75, 3.05) is 27.2 Å². The highest BCUT2D eigenvalue weighted by Gasteiger charge is 2.05. The van der Waals surface area contributed by atoms with Crippen LogP contribution < -0.4 is 4.74 Å². The van der Waals surface area contributed by atoms with Gasteiger partial charge in [-0.05, 0) is 57.3 Å². The van der Waals surface area contributed by atoms with Gasteiger partial charge >= 0.3 is 0 Å². The van der Waals surface area contributed by atoms with Crippen molar-refractivity contribution in [1.82, 2.24) is 15.1 Å². The van der Waals surface area contributed by atoms with Crippen molar-refractivity contribution >= 4 is 0 Å². The molecule has 0 unspecified atom stereocenters. The zero-order chi connectivity index (χ0) is 13.7. The lowest BCUT2D eigenvalue weighted by Gasteiger charge is -2.11. The van der Waals surface area contributed by atoms with Crippen LogP contribution in [0.5, 0.6) is 5.75 Å². The van der Waals surface area contributed by atoms with Gasteiger partial charge in [-0.25, -0.2) is 0 Å². The molecule has 2 rings (SSSR count). The molecular weight excluding hydrogens is 238 g/mol. The van der Waals surface area contributed by atoms with E-state index < -0.39 is 0 Å². The van der Waals surface area contributed by atoms with Crippen molar-refractivity contribution in [2.24, 2.45) is 0 Å². The summed E-state index contributed by atoms with van der Waals surface area (Å²) >= 11 is 0. The molecule has 4 heteroatoms. The molecule has 19 heavy (non-hydrogen) atoms. The van der Waals surface area contributed by atoms with Gasteiger partial charge in [0.1, 0.15) is 5.75 Å². The molecule has 0 amide bonds. The van der Waals surface area contributed by atoms with Crippen LogP contribution in [0.3, 0.4) is 0 Å². The minimum atomic E-state index is 0.722. The lowest BCUT2D eigenvalue weighted by Crippen LogP contribution is -2.15. The molecule has 0 fully saturated rings. The third kappa shape index (κ3) is 3.83. The number of H-pyrrole nitrogens is 1. The summed E-state index contributed by atoms with van der Waals surface area (Å²) in [7, 11) is 4.13. The lowest BCUT2D eigenvalue weighted by atomic mass is 10.1. The first-order chi connectivity index (χ1) is 9.16. The predicted octanol–water partition coefficient (Wildman–Crippen LogP) is 2.52. The van der Waals surface area contributed by atoms with Crippen LogP contribution in [0.25, 0.3) is 11.1 Å². The van der Waals surface area contributed by atoms with Gasteiger partial charge in [-0.2, -0.15) is 5.10 Å². The van der Waals surface area contributed by atoms with Gasteiger partial charge in [0.05, 0.1) is 12.3 Å². The number of ether oxygens (including phenoxy) is 1. The highest BCUT2D eigenvalue weighted by Crippen LogP contribution is 2.25. The Labute approximate surface area is 114 Å². The largest absolute Gasteiger partial charge is 0.494 e. The second kappa shape index (κ2) is 6.38. The summed E-state index contributed by atoms with van der Waals surface area (Å²) in [5.74, 6) is 0.858. The minimum Gasteiger partial charge on any atom is -0.494 e. The number of hydrogen-bond acceptors (Lipinski definition) is 3. The zero-order valence-corrected chi connectivity index (χ0v) is 11.7. The Balaban J connectivity index is 1.98. The van der Waals surface area contributed by atoms with Gasteiger partial charge in [-0.3, -0.25) is 5.10 Å². The van der Waals surface area contributed by atoms with Crippen LogP contribution >= 0.6 is 0 Å². The van der Waals surface area contributed by atoms with E-state index in [0.717, 1.165) is 42.1 Å². The summed E-state index contributed by atoms with van der Waals surface area (Å²) in [6, 6.07) is 8.97. The third-order valence-corrected chi connectivity index (χ3v) is 2.92. The molecule has 0 bridgehead atoms. The molecule has 0 saturated heterocycles. The number of aryl methyl sites for hydroxylation is 1. The Morgan fingerprint density at radius 1 is 1.37 bits per heavy atom. The van der Waals surface area contributed by atoms with Gasteiger partial charge in [0.15, 0.2) is 0 Å². The van der Waals surface area contributed by atoms with E-state index in [4.69, 9.17) is 4.74 Å². The van der Waals surface area contributed by atoms with E-state index in [-0.39, 0.29) is 0 Å². The molecule has 1 N–H and O–H groups in total. The Kier molecular flexibility index (Phi) is 4.58. The van der Waals surface area contributed by atoms with Crippen LogP contribution in [-0.4, -0.2) is 42.3 Å². The fourth-order valence-electron chi connectivity index (χ4n) is 1.91. The molecule has 101 valence electrons. The molecular formula is C15H20N3O. The van der Waals surface area contributed by atoms with E-state index in [9.17, 15) is 0 Å². The normalized spacial score (nSPS) is 10.9. The zero-order valence-electron chi connectivity index (χ0n) is 11.7. The maximum Gasteiger partial charge on any atom is 0.120 e. The summed E-state index contributed by atoms with van der Waals surface area (Å²) in [6.45, 7) is 3.74. The molecule has 2 aromatic rings. The monoisotopic (exact) mass is 258 g/mol. The highest BCUT2D eigenvalue weighted by atomic mass is 16.5. The maximum atomic E-state index is 5.75. The number of aromatic nitrogens is 2. The first-order valence-corrected chi connectivity index (χ1v) is 6.46. The molecule has 1 aromatic heterocycles. The van der Waals surface area contributed by atoms with Gasteiger partial charge in [0.2, 0.25) is 0 Å². The summed E-state index contributed by atoms with van der Waals surface area (Å²) < 4.78 is 5.75. The second-order valence-corrected chi connectivity index (χ2v) is 4.85. The molecule has 0 aliphatic carbocycles. The molecule has 0 saturated carbocycles. The van der Waals surface area contributed by atoms with E-state index >= 15 is 0 Å². The maximum absolute atomic E-state index is 5.75. The number of aromatic amines is 1. The minimum absolute atomic E-state index is 0.722. The van der Waals surface area contributed by atoms with Gasteiger partial charge in [0.25, 0.3) is 0 Å². The van der Waals surface area contributed by atoms with Crippen molar-refractivity contribution in [3.05, 3.63) is 36.2 Å². The first kappa shape index (κ1) is 13.6. The number of nitrogens with zero attached hydrogens (tertiary/aromatic N) is 2. The van der Waals surface area contributed by atoms with Crippen LogP contribution in [0, 0.1) is 13.0 Å². The Hall–Kier alpha value is -1.81. The van der Waals surface area contributed by atoms with Crippen molar-refractivity contribution < 1.29 is 4.74 Å². The predicted molar refractivity (Wildman–Crippen MR) is 76.3 cm³/mol. The average molecular weight is 258 g/mol. The summed E-state index contributed by atoms with van der Waals surface area (Å²) in [5, 5.41) is 7.00. The van der Waals surface area contributed by atoms with Crippen LogP contribution in [-0.2, 0) is 0 Å². The molecule has 4 nitrogen and oxygen atoms in total. The van der Waals surface area contributed by atoms with Crippen molar-refractivity contribution in [1.29, 1.82) is 0 Å². The first-order valence-electron chi connectivity index (χ1n) is 6.46. The molecule has 0 spiro atoms. The molecule has 1 aromatic carbocycles. The average Bonchev–Trinajstić information content (AvgIpc) is 2.81. The Morgan fingerprint density at radius 3 is 2.89 bits per heavy atom. The van der Waals surface area contributed by atoms with Crippen LogP contribution in [0.4, 0.5) is 0 Å². The topological polar surface area (TPSA) is 41.1 Å². The lowest BCUT2D eigenvalue weighted by molar-refractivity contribution is 0.281. The number of hydrogen-bond donors (Lipinski definition) is 1. The molecule has 0 aliphatic rings. The van der Waals surface area contributed by atoms with Crippen LogP contribution in [0.1, 0.15) is 12.1 Å². The summed E-state index contributed by atoms with van der Waals surface area (Å²) in [5.41, 5.74) is 3.16. The second-order valence-electron chi connectivity index (χ2n) is 4.85. The molecule has 1 radical (unpaired) electrons. The van der Waals surface area contributed by atoms with Crippen molar-refractivity contribution in [3.63, 3.8) is 0 Å². The summed E-state index contributed by atoms with van der Waals surface area (Å²) in [4.78, 5) is 2.15. The highest BCUT2D eigenvalue weighted by molar-refractivity contribution is 5.66. The fraction of sp³-hybridized carbons (Fsp3) is 0.400. The van der Waals surface area contributed by atoms with E-state index in [1.807, 2.05) is 31.3 Å². The van der Waals surface area contributed by atoms with E-state index in [2.05, 4.69) is 35.3 Å². The van der Waals surface area contributed by atoms with Gasteiger partial charge in [0, 0.05) is 18.3 Å². The molecule has 0 atom stereocenters. The van der Waals surface area contributed by atoms with Crippen LogP contribution in [0.2, 0.25) is 0 Å². The van der Waals surface area contributed by atoms with Gasteiger partial charge < -0.3 is 9.64 Å². The molecule has 1 heterocycles. The van der Waals surface area contributed by atoms with Crippen molar-refractivity contribution in [3.8, 4) is 16.9 Å². The van der Waals surface area contributed by atoms with Gasteiger partial charge in [-0.15, -0.1) is 0 Å². The summed E-state index contributed by atoms with van der Waals surface area (Å²) in [6.07, 6.45) is 2.91. The Morgan fingerprint density at radius 2 is 2.21 bits per heavy atom. The quantitative estimate of drug-likeness (QED) is 0.809. The number of nitrogens with one attached hydrogen (secondary N) is 1. The van der Waals surface area contributed by atoms with Crippen LogP contribution in [0.15, 0.2) is 24.4 Å².